The number of carbonyl (C=O) groups is 2. The van der Waals surface area contributed by atoms with Crippen LogP contribution in [0.1, 0.15) is 29.1 Å². The van der Waals surface area contributed by atoms with Gasteiger partial charge in [-0.3, -0.25) is 14.0 Å². The molecule has 0 aliphatic carbocycles. The maximum atomic E-state index is 12.8. The van der Waals surface area contributed by atoms with Crippen molar-refractivity contribution in [2.75, 3.05) is 30.8 Å². The summed E-state index contributed by atoms with van der Waals surface area (Å²) < 4.78 is 7.57. The van der Waals surface area contributed by atoms with Gasteiger partial charge in [0.05, 0.1) is 13.2 Å². The van der Waals surface area contributed by atoms with E-state index in [9.17, 15) is 9.59 Å². The number of hydrogen-bond donors (Lipinski definition) is 2. The Morgan fingerprint density at radius 2 is 1.97 bits per heavy atom. The number of fused-ring (bicyclic) bond motifs is 1. The number of hydrogen-bond acceptors (Lipinski definition) is 7. The standard InChI is InChI=1S/C26H25N7O3/c1-2-5-21(34)32-14-15-36-16-19(32)25-31-22(23-24(27)29-12-13-33(23)25)17-7-9-18(10-8-17)26(35)30-20-6-3-4-11-28-20/h2-13,19H,14-16H2,1H3,(H2,27,29)(H,28,30,35)/t19-/m0/s1. The van der Waals surface area contributed by atoms with Crippen molar-refractivity contribution in [1.29, 1.82) is 0 Å². The van der Waals surface area contributed by atoms with Gasteiger partial charge in [0.2, 0.25) is 5.91 Å². The van der Waals surface area contributed by atoms with Crippen molar-refractivity contribution in [2.24, 2.45) is 0 Å². The summed E-state index contributed by atoms with van der Waals surface area (Å²) in [5.74, 6) is 1.04. The van der Waals surface area contributed by atoms with E-state index in [4.69, 9.17) is 15.5 Å². The molecule has 182 valence electrons. The lowest BCUT2D eigenvalue weighted by Gasteiger charge is -2.34. The van der Waals surface area contributed by atoms with Crippen molar-refractivity contribution in [2.45, 2.75) is 13.0 Å². The van der Waals surface area contributed by atoms with Gasteiger partial charge < -0.3 is 20.7 Å². The van der Waals surface area contributed by atoms with Crippen molar-refractivity contribution in [3.05, 3.63) is 84.6 Å². The molecule has 4 heterocycles. The number of benzene rings is 1. The highest BCUT2D eigenvalue weighted by molar-refractivity contribution is 6.04. The van der Waals surface area contributed by atoms with Crippen molar-refractivity contribution < 1.29 is 14.3 Å². The Morgan fingerprint density at radius 3 is 2.72 bits per heavy atom. The van der Waals surface area contributed by atoms with Gasteiger partial charge in [0.15, 0.2) is 0 Å². The van der Waals surface area contributed by atoms with Crippen LogP contribution in [-0.2, 0) is 9.53 Å². The van der Waals surface area contributed by atoms with Gasteiger partial charge in [-0.15, -0.1) is 0 Å². The van der Waals surface area contributed by atoms with Gasteiger partial charge in [-0.05, 0) is 37.3 Å². The number of nitrogens with two attached hydrogens (primary N) is 1. The highest BCUT2D eigenvalue weighted by Crippen LogP contribution is 2.33. The smallest absolute Gasteiger partial charge is 0.256 e. The Balaban J connectivity index is 1.51. The van der Waals surface area contributed by atoms with Gasteiger partial charge in [0.1, 0.15) is 34.7 Å². The fourth-order valence-electron chi connectivity index (χ4n) is 4.25. The Bertz CT molecular complexity index is 1430. The molecule has 4 aromatic rings. The van der Waals surface area contributed by atoms with Gasteiger partial charge in [-0.25, -0.2) is 15.0 Å². The van der Waals surface area contributed by atoms with Gasteiger partial charge in [0.25, 0.3) is 5.91 Å². The van der Waals surface area contributed by atoms with Crippen molar-refractivity contribution in [3.63, 3.8) is 0 Å². The lowest BCUT2D eigenvalue weighted by atomic mass is 10.1. The van der Waals surface area contributed by atoms with Gasteiger partial charge >= 0.3 is 0 Å². The number of allylic oxidation sites excluding steroid dienone is 1. The minimum Gasteiger partial charge on any atom is -0.382 e. The Labute approximate surface area is 207 Å². The summed E-state index contributed by atoms with van der Waals surface area (Å²) in [4.78, 5) is 40.4. The second-order valence-electron chi connectivity index (χ2n) is 8.22. The van der Waals surface area contributed by atoms with E-state index in [2.05, 4.69) is 15.3 Å². The lowest BCUT2D eigenvalue weighted by molar-refractivity contribution is -0.135. The van der Waals surface area contributed by atoms with E-state index >= 15 is 0 Å². The third-order valence-electron chi connectivity index (χ3n) is 5.96. The van der Waals surface area contributed by atoms with E-state index in [-0.39, 0.29) is 11.8 Å². The molecular formula is C26H25N7O3. The second-order valence-corrected chi connectivity index (χ2v) is 8.22. The van der Waals surface area contributed by atoms with E-state index in [1.807, 2.05) is 23.5 Å². The maximum Gasteiger partial charge on any atom is 0.256 e. The summed E-state index contributed by atoms with van der Waals surface area (Å²) in [6.45, 7) is 3.04. The molecule has 0 unspecified atom stereocenters. The third-order valence-corrected chi connectivity index (χ3v) is 5.96. The number of ether oxygens (including phenoxy) is 1. The van der Waals surface area contributed by atoms with Crippen LogP contribution < -0.4 is 11.1 Å². The number of rotatable bonds is 5. The van der Waals surface area contributed by atoms with Crippen LogP contribution >= 0.6 is 0 Å². The van der Waals surface area contributed by atoms with E-state index in [1.165, 1.54) is 0 Å². The molecule has 1 aromatic carbocycles. The predicted octanol–water partition coefficient (Wildman–Crippen LogP) is 3.10. The molecule has 0 bridgehead atoms. The molecule has 3 aromatic heterocycles. The summed E-state index contributed by atoms with van der Waals surface area (Å²) in [6, 6.07) is 12.0. The van der Waals surface area contributed by atoms with Gasteiger partial charge in [-0.2, -0.15) is 0 Å². The first-order valence-corrected chi connectivity index (χ1v) is 11.5. The van der Waals surface area contributed by atoms with Crippen LogP contribution in [0.25, 0.3) is 16.8 Å². The summed E-state index contributed by atoms with van der Waals surface area (Å²) in [7, 11) is 0. The molecule has 5 rings (SSSR count). The normalized spacial score (nSPS) is 15.9. The van der Waals surface area contributed by atoms with Crippen LogP contribution in [0.2, 0.25) is 0 Å². The average Bonchev–Trinajstić information content (AvgIpc) is 3.30. The molecule has 0 spiro atoms. The first kappa shape index (κ1) is 23.2. The minimum atomic E-state index is -0.395. The number of nitrogen functional groups attached to an aromatic ring is 1. The zero-order valence-electron chi connectivity index (χ0n) is 19.7. The summed E-state index contributed by atoms with van der Waals surface area (Å²) in [5.41, 5.74) is 8.75. The maximum absolute atomic E-state index is 12.8. The molecule has 2 amide bonds. The zero-order chi connectivity index (χ0) is 25.1. The molecule has 1 aliphatic rings. The first-order valence-electron chi connectivity index (χ1n) is 11.5. The number of anilines is 2. The van der Waals surface area contributed by atoms with E-state index in [1.54, 1.807) is 66.0 Å². The SMILES string of the molecule is CC=CC(=O)N1CCOC[C@H]1c1nc(-c2ccc(C(=O)Nc3ccccn3)cc2)c2c(N)nccn12. The van der Waals surface area contributed by atoms with E-state index in [0.717, 1.165) is 5.56 Å². The second kappa shape index (κ2) is 9.96. The molecule has 1 atom stereocenters. The van der Waals surface area contributed by atoms with Gasteiger partial charge in [0, 0.05) is 36.3 Å². The zero-order valence-corrected chi connectivity index (χ0v) is 19.7. The van der Waals surface area contributed by atoms with Crippen LogP contribution in [0.4, 0.5) is 11.6 Å². The highest BCUT2D eigenvalue weighted by Gasteiger charge is 2.32. The Kier molecular flexibility index (Phi) is 6.42. The molecule has 3 N–H and O–H groups in total. The summed E-state index contributed by atoms with van der Waals surface area (Å²) in [5, 5.41) is 2.77. The van der Waals surface area contributed by atoms with Crippen LogP contribution in [0, 0.1) is 0 Å². The van der Waals surface area contributed by atoms with Crippen molar-refractivity contribution in [3.8, 4) is 11.3 Å². The highest BCUT2D eigenvalue weighted by atomic mass is 16.5. The van der Waals surface area contributed by atoms with Crippen LogP contribution in [0.5, 0.6) is 0 Å². The monoisotopic (exact) mass is 483 g/mol. The summed E-state index contributed by atoms with van der Waals surface area (Å²) in [6.07, 6.45) is 8.25. The molecule has 0 saturated carbocycles. The molecule has 10 nitrogen and oxygen atoms in total. The van der Waals surface area contributed by atoms with Gasteiger partial charge in [-0.1, -0.05) is 24.3 Å². The fourth-order valence-corrected chi connectivity index (χ4v) is 4.25. The van der Waals surface area contributed by atoms with E-state index in [0.29, 0.717) is 54.0 Å². The topological polar surface area (TPSA) is 128 Å². The molecule has 1 fully saturated rings. The van der Waals surface area contributed by atoms with Crippen molar-refractivity contribution in [1.82, 2.24) is 24.3 Å². The third kappa shape index (κ3) is 4.41. The van der Waals surface area contributed by atoms with E-state index < -0.39 is 6.04 Å². The largest absolute Gasteiger partial charge is 0.382 e. The first-order chi connectivity index (χ1) is 17.6. The Morgan fingerprint density at radius 1 is 1.14 bits per heavy atom. The van der Waals surface area contributed by atoms with Crippen molar-refractivity contribution >= 4 is 29.0 Å². The van der Waals surface area contributed by atoms with Crippen LogP contribution in [-0.4, -0.2) is 55.8 Å². The number of amides is 2. The fraction of sp³-hybridized carbons (Fsp3) is 0.192. The summed E-state index contributed by atoms with van der Waals surface area (Å²) >= 11 is 0. The Hall–Kier alpha value is -4.57. The number of nitrogens with one attached hydrogen (secondary N) is 1. The number of carbonyl (C=O) groups excluding carboxylic acids is 2. The number of imidazole rings is 1. The number of nitrogens with zero attached hydrogens (tertiary/aromatic N) is 5. The average molecular weight is 484 g/mol. The van der Waals surface area contributed by atoms with Crippen LogP contribution in [0.15, 0.2) is 73.2 Å². The molecule has 1 aliphatic heterocycles. The lowest BCUT2D eigenvalue weighted by Crippen LogP contribution is -2.43. The quantitative estimate of drug-likeness (QED) is 0.418. The number of pyridine rings is 1. The predicted molar refractivity (Wildman–Crippen MR) is 135 cm³/mol. The molecular weight excluding hydrogens is 458 g/mol. The molecule has 36 heavy (non-hydrogen) atoms. The number of aromatic nitrogens is 4. The molecule has 10 heteroatoms. The van der Waals surface area contributed by atoms with Crippen LogP contribution in [0.3, 0.4) is 0 Å². The minimum absolute atomic E-state index is 0.102. The number of morpholine rings is 1. The molecule has 1 saturated heterocycles. The molecule has 0 radical (unpaired) electrons.